The molecule has 0 spiro atoms. The predicted molar refractivity (Wildman–Crippen MR) is 69.9 cm³/mol. The minimum atomic E-state index is -0.0773. The van der Waals surface area contributed by atoms with Crippen LogP contribution in [0.5, 0.6) is 0 Å². The Bertz CT molecular complexity index is 266. The molecule has 3 nitrogen and oxygen atoms in total. The lowest BCUT2D eigenvalue weighted by molar-refractivity contribution is -0.143. The molecule has 3 heteroatoms. The zero-order valence-electron chi connectivity index (χ0n) is 12.2. The molecule has 1 saturated heterocycles. The second-order valence-corrected chi connectivity index (χ2v) is 6.42. The summed E-state index contributed by atoms with van der Waals surface area (Å²) in [5, 5.41) is 0. The van der Waals surface area contributed by atoms with Crippen LogP contribution in [0.1, 0.15) is 53.9 Å². The van der Waals surface area contributed by atoms with Gasteiger partial charge in [0, 0.05) is 17.5 Å². The molecule has 100 valence electrons. The zero-order chi connectivity index (χ0) is 13.3. The number of methoxy groups -OCH3 is 1. The van der Waals surface area contributed by atoms with E-state index in [1.165, 1.54) is 7.11 Å². The van der Waals surface area contributed by atoms with Crippen molar-refractivity contribution in [1.82, 2.24) is 4.90 Å². The van der Waals surface area contributed by atoms with Gasteiger partial charge in [0.05, 0.1) is 7.11 Å². The van der Waals surface area contributed by atoms with E-state index in [-0.39, 0.29) is 17.0 Å². The fraction of sp³-hybridized carbons (Fsp3) is 0.929. The Kier molecular flexibility index (Phi) is 4.23. The fourth-order valence-corrected chi connectivity index (χ4v) is 3.84. The maximum Gasteiger partial charge on any atom is 0.305 e. The van der Waals surface area contributed by atoms with E-state index in [1.807, 2.05) is 0 Å². The molecule has 0 amide bonds. The van der Waals surface area contributed by atoms with Crippen molar-refractivity contribution in [3.05, 3.63) is 0 Å². The highest BCUT2D eigenvalue weighted by Crippen LogP contribution is 2.42. The van der Waals surface area contributed by atoms with Gasteiger partial charge in [0.1, 0.15) is 0 Å². The van der Waals surface area contributed by atoms with E-state index in [9.17, 15) is 4.79 Å². The van der Waals surface area contributed by atoms with E-state index < -0.39 is 0 Å². The standard InChI is InChI=1S/C14H27NO2/c1-7-15-13(2,3)9-11(8-12(16)17-6)10-14(15,4)5/h11H,7-10H2,1-6H3. The van der Waals surface area contributed by atoms with Crippen LogP contribution in [0.15, 0.2) is 0 Å². The van der Waals surface area contributed by atoms with Gasteiger partial charge in [-0.25, -0.2) is 0 Å². The quantitative estimate of drug-likeness (QED) is 0.712. The van der Waals surface area contributed by atoms with Gasteiger partial charge in [-0.15, -0.1) is 0 Å². The largest absolute Gasteiger partial charge is 0.469 e. The van der Waals surface area contributed by atoms with Crippen LogP contribution < -0.4 is 0 Å². The van der Waals surface area contributed by atoms with Crippen LogP contribution >= 0.6 is 0 Å². The van der Waals surface area contributed by atoms with E-state index in [0.29, 0.717) is 12.3 Å². The minimum Gasteiger partial charge on any atom is -0.469 e. The van der Waals surface area contributed by atoms with E-state index in [1.54, 1.807) is 0 Å². The lowest BCUT2D eigenvalue weighted by Crippen LogP contribution is -2.60. The summed E-state index contributed by atoms with van der Waals surface area (Å²) >= 11 is 0. The van der Waals surface area contributed by atoms with Gasteiger partial charge in [0.15, 0.2) is 0 Å². The van der Waals surface area contributed by atoms with Crippen molar-refractivity contribution >= 4 is 5.97 Å². The Morgan fingerprint density at radius 3 is 2.06 bits per heavy atom. The number of ether oxygens (including phenoxy) is 1. The van der Waals surface area contributed by atoms with Gasteiger partial charge < -0.3 is 4.74 Å². The second kappa shape index (κ2) is 4.97. The Morgan fingerprint density at radius 2 is 1.71 bits per heavy atom. The monoisotopic (exact) mass is 241 g/mol. The summed E-state index contributed by atoms with van der Waals surface area (Å²) in [4.78, 5) is 14.0. The number of piperidine rings is 1. The van der Waals surface area contributed by atoms with Gasteiger partial charge in [-0.3, -0.25) is 9.69 Å². The molecule has 0 aromatic heterocycles. The summed E-state index contributed by atoms with van der Waals surface area (Å²) in [6.07, 6.45) is 2.69. The molecule has 1 fully saturated rings. The van der Waals surface area contributed by atoms with Gasteiger partial charge in [-0.1, -0.05) is 6.92 Å². The summed E-state index contributed by atoms with van der Waals surface area (Å²) in [7, 11) is 1.47. The normalized spacial score (nSPS) is 24.6. The van der Waals surface area contributed by atoms with Crippen molar-refractivity contribution in [2.75, 3.05) is 13.7 Å². The number of carbonyl (C=O) groups excluding carboxylic acids is 1. The third kappa shape index (κ3) is 3.21. The van der Waals surface area contributed by atoms with Crippen molar-refractivity contribution in [2.24, 2.45) is 5.92 Å². The zero-order valence-corrected chi connectivity index (χ0v) is 12.2. The Hall–Kier alpha value is -0.570. The first kappa shape index (κ1) is 14.5. The number of nitrogens with zero attached hydrogens (tertiary/aromatic N) is 1. The molecule has 0 N–H and O–H groups in total. The molecule has 0 aromatic rings. The number of carbonyl (C=O) groups is 1. The highest BCUT2D eigenvalue weighted by molar-refractivity contribution is 5.69. The van der Waals surface area contributed by atoms with Gasteiger partial charge in [-0.2, -0.15) is 0 Å². The highest BCUT2D eigenvalue weighted by Gasteiger charge is 2.44. The van der Waals surface area contributed by atoms with E-state index in [0.717, 1.165) is 19.4 Å². The summed E-state index contributed by atoms with van der Waals surface area (Å²) in [6, 6.07) is 0. The predicted octanol–water partition coefficient (Wildman–Crippen LogP) is 2.84. The lowest BCUT2D eigenvalue weighted by Gasteiger charge is -2.55. The molecule has 1 rings (SSSR count). The molecule has 0 aliphatic carbocycles. The summed E-state index contributed by atoms with van der Waals surface area (Å²) in [5.74, 6) is 0.363. The molecule has 0 unspecified atom stereocenters. The molecule has 1 aliphatic rings. The molecule has 0 saturated carbocycles. The molecule has 1 aliphatic heterocycles. The number of likely N-dealkylation sites (tertiary alicyclic amines) is 1. The topological polar surface area (TPSA) is 29.5 Å². The maximum atomic E-state index is 11.4. The SMILES string of the molecule is CCN1C(C)(C)CC(CC(=O)OC)CC1(C)C. The fourth-order valence-electron chi connectivity index (χ4n) is 3.84. The first-order valence-corrected chi connectivity index (χ1v) is 6.57. The first-order chi connectivity index (χ1) is 7.73. The molecular weight excluding hydrogens is 214 g/mol. The van der Waals surface area contributed by atoms with Crippen LogP contribution in [0.4, 0.5) is 0 Å². The highest BCUT2D eigenvalue weighted by atomic mass is 16.5. The van der Waals surface area contributed by atoms with Crippen LogP contribution in [-0.2, 0) is 9.53 Å². The number of hydrogen-bond acceptors (Lipinski definition) is 3. The van der Waals surface area contributed by atoms with Crippen LogP contribution in [0.25, 0.3) is 0 Å². The van der Waals surface area contributed by atoms with Crippen molar-refractivity contribution in [1.29, 1.82) is 0 Å². The van der Waals surface area contributed by atoms with Gasteiger partial charge in [0.25, 0.3) is 0 Å². The average Bonchev–Trinajstić information content (AvgIpc) is 2.14. The van der Waals surface area contributed by atoms with Crippen LogP contribution in [0, 0.1) is 5.92 Å². The number of hydrogen-bond donors (Lipinski definition) is 0. The maximum absolute atomic E-state index is 11.4. The molecule has 0 atom stereocenters. The summed E-state index contributed by atoms with van der Waals surface area (Å²) < 4.78 is 4.79. The first-order valence-electron chi connectivity index (χ1n) is 6.57. The van der Waals surface area contributed by atoms with Crippen molar-refractivity contribution in [2.45, 2.75) is 65.0 Å². The summed E-state index contributed by atoms with van der Waals surface area (Å²) in [6.45, 7) is 12.4. The van der Waals surface area contributed by atoms with Gasteiger partial charge in [-0.05, 0) is 53.0 Å². The Morgan fingerprint density at radius 1 is 1.24 bits per heavy atom. The Labute approximate surface area is 106 Å². The number of rotatable bonds is 3. The smallest absolute Gasteiger partial charge is 0.305 e. The minimum absolute atomic E-state index is 0.0773. The third-order valence-corrected chi connectivity index (χ3v) is 4.04. The van der Waals surface area contributed by atoms with E-state index >= 15 is 0 Å². The number of esters is 1. The van der Waals surface area contributed by atoms with Crippen molar-refractivity contribution in [3.8, 4) is 0 Å². The molecule has 17 heavy (non-hydrogen) atoms. The van der Waals surface area contributed by atoms with Crippen LogP contribution in [0.2, 0.25) is 0 Å². The van der Waals surface area contributed by atoms with Crippen molar-refractivity contribution < 1.29 is 9.53 Å². The third-order valence-electron chi connectivity index (χ3n) is 4.04. The van der Waals surface area contributed by atoms with Gasteiger partial charge in [0.2, 0.25) is 0 Å². The van der Waals surface area contributed by atoms with Gasteiger partial charge >= 0.3 is 5.97 Å². The average molecular weight is 241 g/mol. The lowest BCUT2D eigenvalue weighted by atomic mass is 9.72. The van der Waals surface area contributed by atoms with Crippen LogP contribution in [-0.4, -0.2) is 35.6 Å². The molecular formula is C14H27NO2. The van der Waals surface area contributed by atoms with Crippen LogP contribution in [0.3, 0.4) is 0 Å². The Balaban J connectivity index is 2.80. The molecule has 0 aromatic carbocycles. The molecule has 1 heterocycles. The molecule has 0 radical (unpaired) electrons. The van der Waals surface area contributed by atoms with Crippen molar-refractivity contribution in [3.63, 3.8) is 0 Å². The molecule has 0 bridgehead atoms. The second-order valence-electron chi connectivity index (χ2n) is 6.42. The van der Waals surface area contributed by atoms with E-state index in [2.05, 4.69) is 39.5 Å². The summed E-state index contributed by atoms with van der Waals surface area (Å²) in [5.41, 5.74) is 0.324. The van der Waals surface area contributed by atoms with E-state index in [4.69, 9.17) is 4.74 Å².